The summed E-state index contributed by atoms with van der Waals surface area (Å²) in [7, 11) is 0. The third-order valence-corrected chi connectivity index (χ3v) is 8.04. The lowest BCUT2D eigenvalue weighted by Crippen LogP contribution is -1.95. The molecule has 8 aromatic rings. The maximum absolute atomic E-state index is 5.49. The molecule has 0 spiro atoms. The molecule has 0 atom stereocenters. The third kappa shape index (κ3) is 3.52. The summed E-state index contributed by atoms with van der Waals surface area (Å²) >= 11 is 0. The number of nitrogens with zero attached hydrogens (tertiary/aromatic N) is 1. The molecule has 1 aromatic heterocycles. The normalized spacial score (nSPS) is 11.5. The quantitative estimate of drug-likeness (QED) is 0.217. The molecule has 0 fully saturated rings. The summed E-state index contributed by atoms with van der Waals surface area (Å²) in [6.07, 6.45) is 0. The fourth-order valence-electron chi connectivity index (χ4n) is 6.28. The van der Waals surface area contributed by atoms with Crippen molar-refractivity contribution < 1.29 is 0 Å². The third-order valence-electron chi connectivity index (χ3n) is 8.04. The van der Waals surface area contributed by atoms with Crippen molar-refractivity contribution in [3.05, 3.63) is 152 Å². The first kappa shape index (κ1) is 22.7. The first-order valence-corrected chi connectivity index (χ1v) is 13.7. The van der Waals surface area contributed by atoms with Crippen molar-refractivity contribution in [2.45, 2.75) is 0 Å². The molecule has 1 heterocycles. The summed E-state index contributed by atoms with van der Waals surface area (Å²) in [4.78, 5) is 5.49. The summed E-state index contributed by atoms with van der Waals surface area (Å²) < 4.78 is 0. The Morgan fingerprint density at radius 3 is 1.52 bits per heavy atom. The van der Waals surface area contributed by atoms with E-state index in [0.29, 0.717) is 0 Å². The van der Waals surface area contributed by atoms with Crippen LogP contribution in [0.1, 0.15) is 0 Å². The summed E-state index contributed by atoms with van der Waals surface area (Å²) in [6, 6.07) is 54.3. The zero-order valence-electron chi connectivity index (χ0n) is 21.9. The SMILES string of the molecule is c1ccc(-c2c3ccccc3c(-c3nc(-c4cccc5ccccc45)cc4ccccc34)c3ccccc23)cc1. The summed E-state index contributed by atoms with van der Waals surface area (Å²) in [5.74, 6) is 0. The minimum absolute atomic E-state index is 0.991. The van der Waals surface area contributed by atoms with Crippen molar-refractivity contribution in [1.29, 1.82) is 0 Å². The van der Waals surface area contributed by atoms with Crippen LogP contribution in [0.5, 0.6) is 0 Å². The molecular weight excluding hydrogens is 482 g/mol. The number of pyridine rings is 1. The summed E-state index contributed by atoms with van der Waals surface area (Å²) in [5, 5.41) is 9.70. The van der Waals surface area contributed by atoms with Gasteiger partial charge in [-0.1, -0.05) is 146 Å². The summed E-state index contributed by atoms with van der Waals surface area (Å²) in [6.45, 7) is 0. The van der Waals surface area contributed by atoms with E-state index < -0.39 is 0 Å². The highest BCUT2D eigenvalue weighted by Gasteiger charge is 2.20. The van der Waals surface area contributed by atoms with Crippen LogP contribution in [-0.2, 0) is 0 Å². The van der Waals surface area contributed by atoms with Crippen LogP contribution in [0, 0.1) is 0 Å². The minimum atomic E-state index is 0.991. The predicted molar refractivity (Wildman–Crippen MR) is 171 cm³/mol. The average molecular weight is 508 g/mol. The van der Waals surface area contributed by atoms with Crippen LogP contribution >= 0.6 is 0 Å². The number of fused-ring (bicyclic) bond motifs is 4. The number of hydrogen-bond acceptors (Lipinski definition) is 1. The highest BCUT2D eigenvalue weighted by Crippen LogP contribution is 2.45. The van der Waals surface area contributed by atoms with Gasteiger partial charge in [0.2, 0.25) is 0 Å². The van der Waals surface area contributed by atoms with Crippen LogP contribution in [0.2, 0.25) is 0 Å². The van der Waals surface area contributed by atoms with E-state index in [1.54, 1.807) is 0 Å². The first-order valence-electron chi connectivity index (χ1n) is 13.7. The van der Waals surface area contributed by atoms with E-state index in [-0.39, 0.29) is 0 Å². The van der Waals surface area contributed by atoms with Gasteiger partial charge >= 0.3 is 0 Å². The Kier molecular flexibility index (Phi) is 5.21. The van der Waals surface area contributed by atoms with Gasteiger partial charge in [0.05, 0.1) is 11.4 Å². The minimum Gasteiger partial charge on any atom is -0.247 e. The molecule has 0 aliphatic rings. The van der Waals surface area contributed by atoms with Crippen LogP contribution in [0.4, 0.5) is 0 Å². The molecule has 0 N–H and O–H groups in total. The molecule has 7 aromatic carbocycles. The standard InChI is InChI=1S/C39H25N/c1-2-14-27(15-3-1)37-32-20-8-10-22-34(32)38(35-23-11-9-21-33(35)37)39-30-19-7-5-16-28(30)25-36(40-39)31-24-12-17-26-13-4-6-18-29(26)31/h1-25H. The molecule has 0 aliphatic carbocycles. The number of hydrogen-bond donors (Lipinski definition) is 0. The van der Waals surface area contributed by atoms with E-state index in [0.717, 1.165) is 22.3 Å². The lowest BCUT2D eigenvalue weighted by Gasteiger charge is -2.19. The van der Waals surface area contributed by atoms with Gasteiger partial charge < -0.3 is 0 Å². The van der Waals surface area contributed by atoms with Crippen LogP contribution in [0.3, 0.4) is 0 Å². The van der Waals surface area contributed by atoms with Gasteiger partial charge in [-0.05, 0) is 54.9 Å². The van der Waals surface area contributed by atoms with Gasteiger partial charge in [-0.3, -0.25) is 0 Å². The van der Waals surface area contributed by atoms with Crippen molar-refractivity contribution in [3.63, 3.8) is 0 Å². The Hall–Kier alpha value is -5.27. The Morgan fingerprint density at radius 2 is 0.850 bits per heavy atom. The van der Waals surface area contributed by atoms with Crippen molar-refractivity contribution in [1.82, 2.24) is 4.98 Å². The molecule has 0 amide bonds. The van der Waals surface area contributed by atoms with Gasteiger partial charge in [-0.25, -0.2) is 4.98 Å². The van der Waals surface area contributed by atoms with Crippen molar-refractivity contribution in [2.24, 2.45) is 0 Å². The van der Waals surface area contributed by atoms with Crippen molar-refractivity contribution in [2.75, 3.05) is 0 Å². The topological polar surface area (TPSA) is 12.9 Å². The molecule has 0 bridgehead atoms. The lowest BCUT2D eigenvalue weighted by molar-refractivity contribution is 1.37. The molecule has 1 heteroatoms. The maximum atomic E-state index is 5.49. The molecule has 0 saturated carbocycles. The molecule has 0 saturated heterocycles. The molecule has 0 aliphatic heterocycles. The molecule has 0 radical (unpaired) electrons. The highest BCUT2D eigenvalue weighted by molar-refractivity contribution is 6.23. The van der Waals surface area contributed by atoms with Crippen LogP contribution < -0.4 is 0 Å². The van der Waals surface area contributed by atoms with Crippen LogP contribution in [-0.4, -0.2) is 4.98 Å². The largest absolute Gasteiger partial charge is 0.247 e. The van der Waals surface area contributed by atoms with E-state index in [1.807, 2.05) is 0 Å². The Bertz CT molecular complexity index is 2150. The smallest absolute Gasteiger partial charge is 0.0800 e. The second kappa shape index (κ2) is 9.18. The zero-order chi connectivity index (χ0) is 26.5. The van der Waals surface area contributed by atoms with Crippen LogP contribution in [0.25, 0.3) is 76.7 Å². The van der Waals surface area contributed by atoms with E-state index in [2.05, 4.69) is 152 Å². The molecule has 40 heavy (non-hydrogen) atoms. The highest BCUT2D eigenvalue weighted by atomic mass is 14.7. The predicted octanol–water partition coefficient (Wildman–Crippen LogP) is 10.7. The fraction of sp³-hybridized carbons (Fsp3) is 0. The second-order valence-corrected chi connectivity index (χ2v) is 10.3. The fourth-order valence-corrected chi connectivity index (χ4v) is 6.28. The molecular formula is C39H25N. The van der Waals surface area contributed by atoms with Gasteiger partial charge in [0.1, 0.15) is 0 Å². The molecule has 1 nitrogen and oxygen atoms in total. The Balaban J connectivity index is 1.53. The van der Waals surface area contributed by atoms with E-state index in [4.69, 9.17) is 4.98 Å². The number of aromatic nitrogens is 1. The van der Waals surface area contributed by atoms with E-state index in [9.17, 15) is 0 Å². The van der Waals surface area contributed by atoms with Gasteiger partial charge in [-0.15, -0.1) is 0 Å². The molecule has 0 unspecified atom stereocenters. The van der Waals surface area contributed by atoms with Crippen molar-refractivity contribution in [3.8, 4) is 33.6 Å². The van der Waals surface area contributed by atoms with Gasteiger partial charge in [0.15, 0.2) is 0 Å². The molecule has 8 rings (SSSR count). The van der Waals surface area contributed by atoms with E-state index >= 15 is 0 Å². The van der Waals surface area contributed by atoms with E-state index in [1.165, 1.54) is 54.4 Å². The van der Waals surface area contributed by atoms with Gasteiger partial charge in [0, 0.05) is 16.5 Å². The Morgan fingerprint density at radius 1 is 0.350 bits per heavy atom. The average Bonchev–Trinajstić information content (AvgIpc) is 3.03. The van der Waals surface area contributed by atoms with Crippen molar-refractivity contribution >= 4 is 43.1 Å². The lowest BCUT2D eigenvalue weighted by atomic mass is 9.86. The second-order valence-electron chi connectivity index (χ2n) is 10.3. The monoisotopic (exact) mass is 507 g/mol. The van der Waals surface area contributed by atoms with Crippen LogP contribution in [0.15, 0.2) is 152 Å². The molecule has 186 valence electrons. The first-order chi connectivity index (χ1) is 19.9. The zero-order valence-corrected chi connectivity index (χ0v) is 21.9. The maximum Gasteiger partial charge on any atom is 0.0800 e. The number of rotatable bonds is 3. The van der Waals surface area contributed by atoms with Gasteiger partial charge in [-0.2, -0.15) is 0 Å². The number of benzene rings is 7. The van der Waals surface area contributed by atoms with Gasteiger partial charge in [0.25, 0.3) is 0 Å². The Labute approximate surface area is 233 Å². The summed E-state index contributed by atoms with van der Waals surface area (Å²) in [5.41, 5.74) is 6.84.